The van der Waals surface area contributed by atoms with Crippen molar-refractivity contribution in [3.05, 3.63) is 78.1 Å². The van der Waals surface area contributed by atoms with Crippen LogP contribution in [0.15, 0.2) is 66.7 Å². The van der Waals surface area contributed by atoms with Gasteiger partial charge in [-0.3, -0.25) is 0 Å². The first-order valence-electron chi connectivity index (χ1n) is 11.2. The third kappa shape index (κ3) is 4.41. The SMILES string of the molecule is Cc1nc2ccc(-c3ccc(-c4ccccc4CNC4CCC(O)CC4)cc3)cc2[nH]1. The summed E-state index contributed by atoms with van der Waals surface area (Å²) >= 11 is 0. The highest BCUT2D eigenvalue weighted by atomic mass is 16.3. The van der Waals surface area contributed by atoms with Crippen molar-refractivity contribution in [1.82, 2.24) is 15.3 Å². The van der Waals surface area contributed by atoms with Crippen LogP contribution in [0.25, 0.3) is 33.3 Å². The molecule has 1 aromatic heterocycles. The lowest BCUT2D eigenvalue weighted by atomic mass is 9.92. The molecular weight excluding hydrogens is 382 g/mol. The smallest absolute Gasteiger partial charge is 0.104 e. The number of rotatable bonds is 5. The van der Waals surface area contributed by atoms with E-state index in [9.17, 15) is 5.11 Å². The van der Waals surface area contributed by atoms with Gasteiger partial charge in [-0.05, 0) is 72.6 Å². The second kappa shape index (κ2) is 8.66. The zero-order valence-electron chi connectivity index (χ0n) is 17.9. The number of hydrogen-bond donors (Lipinski definition) is 3. The Kier molecular flexibility index (Phi) is 5.58. The molecule has 1 fully saturated rings. The lowest BCUT2D eigenvalue weighted by molar-refractivity contribution is 0.116. The molecule has 5 rings (SSSR count). The number of fused-ring (bicyclic) bond motifs is 1. The molecular formula is C27H29N3O. The average Bonchev–Trinajstić information content (AvgIpc) is 3.18. The first kappa shape index (κ1) is 20.0. The number of aromatic nitrogens is 2. The Bertz CT molecular complexity index is 1170. The second-order valence-electron chi connectivity index (χ2n) is 8.67. The molecule has 4 aromatic rings. The zero-order chi connectivity index (χ0) is 21.2. The molecule has 0 saturated heterocycles. The minimum atomic E-state index is -0.109. The van der Waals surface area contributed by atoms with Gasteiger partial charge in [-0.25, -0.2) is 4.98 Å². The molecule has 31 heavy (non-hydrogen) atoms. The first-order valence-corrected chi connectivity index (χ1v) is 11.2. The van der Waals surface area contributed by atoms with E-state index in [1.54, 1.807) is 0 Å². The summed E-state index contributed by atoms with van der Waals surface area (Å²) in [4.78, 5) is 7.82. The topological polar surface area (TPSA) is 60.9 Å². The normalized spacial score (nSPS) is 19.0. The molecule has 4 nitrogen and oxygen atoms in total. The maximum Gasteiger partial charge on any atom is 0.104 e. The summed E-state index contributed by atoms with van der Waals surface area (Å²) in [6, 6.07) is 24.4. The molecule has 0 radical (unpaired) electrons. The van der Waals surface area contributed by atoms with Crippen molar-refractivity contribution in [1.29, 1.82) is 0 Å². The van der Waals surface area contributed by atoms with Crippen LogP contribution in [0.5, 0.6) is 0 Å². The Hall–Kier alpha value is -2.95. The number of aromatic amines is 1. The second-order valence-corrected chi connectivity index (χ2v) is 8.67. The number of aliphatic hydroxyl groups excluding tert-OH is 1. The van der Waals surface area contributed by atoms with Crippen molar-refractivity contribution in [2.45, 2.75) is 51.3 Å². The van der Waals surface area contributed by atoms with E-state index in [0.29, 0.717) is 6.04 Å². The predicted octanol–water partition coefficient (Wildman–Crippen LogP) is 5.60. The van der Waals surface area contributed by atoms with Gasteiger partial charge >= 0.3 is 0 Å². The Morgan fingerprint density at radius 3 is 2.42 bits per heavy atom. The number of imidazole rings is 1. The number of nitrogens with zero attached hydrogens (tertiary/aromatic N) is 1. The van der Waals surface area contributed by atoms with Gasteiger partial charge in [-0.15, -0.1) is 0 Å². The molecule has 1 aliphatic rings. The Balaban J connectivity index is 1.34. The average molecular weight is 412 g/mol. The van der Waals surface area contributed by atoms with E-state index < -0.39 is 0 Å². The Labute approximate surface area is 183 Å². The molecule has 4 heteroatoms. The third-order valence-corrected chi connectivity index (χ3v) is 6.42. The third-order valence-electron chi connectivity index (χ3n) is 6.42. The van der Waals surface area contributed by atoms with Gasteiger partial charge in [-0.1, -0.05) is 54.6 Å². The number of nitrogens with one attached hydrogen (secondary N) is 2. The molecule has 0 aliphatic heterocycles. The molecule has 3 N–H and O–H groups in total. The summed E-state index contributed by atoms with van der Waals surface area (Å²) in [6.07, 6.45) is 3.81. The minimum Gasteiger partial charge on any atom is -0.393 e. The fourth-order valence-corrected chi connectivity index (χ4v) is 4.65. The quantitative estimate of drug-likeness (QED) is 0.401. The van der Waals surface area contributed by atoms with Gasteiger partial charge in [0, 0.05) is 12.6 Å². The van der Waals surface area contributed by atoms with Crippen LogP contribution >= 0.6 is 0 Å². The van der Waals surface area contributed by atoms with Gasteiger partial charge in [0.25, 0.3) is 0 Å². The van der Waals surface area contributed by atoms with Crippen LogP contribution in [-0.4, -0.2) is 27.2 Å². The van der Waals surface area contributed by atoms with Crippen molar-refractivity contribution >= 4 is 11.0 Å². The highest BCUT2D eigenvalue weighted by Crippen LogP contribution is 2.29. The number of H-pyrrole nitrogens is 1. The molecule has 1 heterocycles. The number of aliphatic hydroxyl groups is 1. The zero-order valence-corrected chi connectivity index (χ0v) is 17.9. The Morgan fingerprint density at radius 1 is 0.903 bits per heavy atom. The van der Waals surface area contributed by atoms with Gasteiger partial charge in [0.1, 0.15) is 5.82 Å². The van der Waals surface area contributed by atoms with Crippen LogP contribution in [0, 0.1) is 6.92 Å². The standard InChI is InChI=1S/C27H29N3O/c1-18-29-26-15-10-21(16-27(26)30-18)19-6-8-20(9-7-19)25-5-3-2-4-22(25)17-28-23-11-13-24(31)14-12-23/h2-10,15-16,23-24,28,31H,11-14,17H2,1H3,(H,29,30). The molecule has 0 amide bonds. The summed E-state index contributed by atoms with van der Waals surface area (Å²) in [7, 11) is 0. The molecule has 1 saturated carbocycles. The fraction of sp³-hybridized carbons (Fsp3) is 0.296. The van der Waals surface area contributed by atoms with Crippen molar-refractivity contribution < 1.29 is 5.11 Å². The van der Waals surface area contributed by atoms with Crippen molar-refractivity contribution in [3.63, 3.8) is 0 Å². The maximum absolute atomic E-state index is 9.73. The van der Waals surface area contributed by atoms with Crippen LogP contribution in [0.4, 0.5) is 0 Å². The predicted molar refractivity (Wildman–Crippen MR) is 127 cm³/mol. The van der Waals surface area contributed by atoms with Crippen LogP contribution < -0.4 is 5.32 Å². The molecule has 3 aromatic carbocycles. The lowest BCUT2D eigenvalue weighted by Gasteiger charge is -2.26. The van der Waals surface area contributed by atoms with Crippen LogP contribution in [0.3, 0.4) is 0 Å². The molecule has 158 valence electrons. The summed E-state index contributed by atoms with van der Waals surface area (Å²) in [5, 5.41) is 13.4. The summed E-state index contributed by atoms with van der Waals surface area (Å²) < 4.78 is 0. The number of benzene rings is 3. The van der Waals surface area contributed by atoms with Crippen molar-refractivity contribution in [2.24, 2.45) is 0 Å². The number of hydrogen-bond acceptors (Lipinski definition) is 3. The van der Waals surface area contributed by atoms with Gasteiger partial charge in [0.2, 0.25) is 0 Å². The lowest BCUT2D eigenvalue weighted by Crippen LogP contribution is -2.34. The summed E-state index contributed by atoms with van der Waals surface area (Å²) in [6.45, 7) is 2.84. The highest BCUT2D eigenvalue weighted by Gasteiger charge is 2.19. The van der Waals surface area contributed by atoms with Crippen LogP contribution in [0.1, 0.15) is 37.1 Å². The van der Waals surface area contributed by atoms with E-state index in [-0.39, 0.29) is 6.10 Å². The fourth-order valence-electron chi connectivity index (χ4n) is 4.65. The maximum atomic E-state index is 9.73. The van der Waals surface area contributed by atoms with Gasteiger partial charge in [0.05, 0.1) is 17.1 Å². The van der Waals surface area contributed by atoms with E-state index in [2.05, 4.69) is 82.0 Å². The summed E-state index contributed by atoms with van der Waals surface area (Å²) in [5.41, 5.74) is 8.30. The van der Waals surface area contributed by atoms with Gasteiger partial charge < -0.3 is 15.4 Å². The van der Waals surface area contributed by atoms with E-state index in [0.717, 1.165) is 49.1 Å². The molecule has 0 spiro atoms. The van der Waals surface area contributed by atoms with Crippen molar-refractivity contribution in [2.75, 3.05) is 0 Å². The van der Waals surface area contributed by atoms with E-state index in [1.807, 2.05) is 6.92 Å². The molecule has 1 aliphatic carbocycles. The van der Waals surface area contributed by atoms with Crippen LogP contribution in [0.2, 0.25) is 0 Å². The molecule has 0 atom stereocenters. The first-order chi connectivity index (χ1) is 15.2. The largest absolute Gasteiger partial charge is 0.393 e. The van der Waals surface area contributed by atoms with E-state index in [4.69, 9.17) is 0 Å². The highest BCUT2D eigenvalue weighted by molar-refractivity contribution is 5.82. The molecule has 0 bridgehead atoms. The summed E-state index contributed by atoms with van der Waals surface area (Å²) in [5.74, 6) is 0.942. The van der Waals surface area contributed by atoms with E-state index >= 15 is 0 Å². The Morgan fingerprint density at radius 2 is 1.61 bits per heavy atom. The van der Waals surface area contributed by atoms with Crippen molar-refractivity contribution in [3.8, 4) is 22.3 Å². The number of aryl methyl sites for hydroxylation is 1. The van der Waals surface area contributed by atoms with E-state index in [1.165, 1.54) is 27.8 Å². The monoisotopic (exact) mass is 411 g/mol. The minimum absolute atomic E-state index is 0.109. The molecule has 0 unspecified atom stereocenters. The van der Waals surface area contributed by atoms with Crippen LogP contribution in [-0.2, 0) is 6.54 Å². The van der Waals surface area contributed by atoms with Gasteiger partial charge in [0.15, 0.2) is 0 Å². The van der Waals surface area contributed by atoms with Gasteiger partial charge in [-0.2, -0.15) is 0 Å².